The molecule has 3 aromatic rings. The molecule has 1 amide bonds. The SMILES string of the molecule is Cc1nn(-c2ccccc2)c(C)c1C(=O)C(=O)N(C)CCOc1ccccc1F. The Kier molecular flexibility index (Phi) is 6.07. The van der Waals surface area contributed by atoms with Gasteiger partial charge in [-0.15, -0.1) is 0 Å². The number of carbonyl (C=O) groups is 2. The van der Waals surface area contributed by atoms with Crippen molar-refractivity contribution in [1.82, 2.24) is 14.7 Å². The molecule has 0 saturated carbocycles. The average molecular weight is 395 g/mol. The van der Waals surface area contributed by atoms with Gasteiger partial charge in [-0.2, -0.15) is 5.10 Å². The van der Waals surface area contributed by atoms with Crippen molar-refractivity contribution in [3.05, 3.63) is 77.4 Å². The number of hydrogen-bond donors (Lipinski definition) is 0. The second-order valence-corrected chi connectivity index (χ2v) is 6.63. The van der Waals surface area contributed by atoms with Crippen LogP contribution in [0.1, 0.15) is 21.7 Å². The second kappa shape index (κ2) is 8.68. The molecule has 0 bridgehead atoms. The number of amides is 1. The molecule has 0 N–H and O–H groups in total. The van der Waals surface area contributed by atoms with Crippen LogP contribution in [0, 0.1) is 19.7 Å². The minimum atomic E-state index is -0.666. The summed E-state index contributed by atoms with van der Waals surface area (Å²) in [5.41, 5.74) is 2.19. The van der Waals surface area contributed by atoms with E-state index >= 15 is 0 Å². The van der Waals surface area contributed by atoms with Crippen LogP contribution in [0.2, 0.25) is 0 Å². The van der Waals surface area contributed by atoms with Crippen LogP contribution in [0.15, 0.2) is 54.6 Å². The third-order valence-corrected chi connectivity index (χ3v) is 4.58. The summed E-state index contributed by atoms with van der Waals surface area (Å²) < 4.78 is 20.6. The van der Waals surface area contributed by atoms with Gasteiger partial charge in [0.2, 0.25) is 0 Å². The lowest BCUT2D eigenvalue weighted by molar-refractivity contribution is -0.125. The standard InChI is InChI=1S/C22H22FN3O3/c1-15-20(16(2)26(24-15)17-9-5-4-6-10-17)21(27)22(28)25(3)13-14-29-19-12-8-7-11-18(19)23/h4-12H,13-14H2,1-3H3. The van der Waals surface area contributed by atoms with E-state index in [-0.39, 0.29) is 18.9 Å². The molecule has 0 radical (unpaired) electrons. The van der Waals surface area contributed by atoms with Gasteiger partial charge in [0, 0.05) is 7.05 Å². The molecule has 150 valence electrons. The molecule has 0 aliphatic heterocycles. The number of ketones is 1. The summed E-state index contributed by atoms with van der Waals surface area (Å²) in [4.78, 5) is 26.7. The number of hydrogen-bond acceptors (Lipinski definition) is 4. The topological polar surface area (TPSA) is 64.4 Å². The molecule has 0 aliphatic carbocycles. The van der Waals surface area contributed by atoms with Crippen LogP contribution in [0.3, 0.4) is 0 Å². The van der Waals surface area contributed by atoms with Gasteiger partial charge in [-0.1, -0.05) is 30.3 Å². The molecule has 0 fully saturated rings. The fourth-order valence-corrected chi connectivity index (χ4v) is 3.03. The van der Waals surface area contributed by atoms with Crippen LogP contribution in [0.4, 0.5) is 4.39 Å². The number of benzene rings is 2. The average Bonchev–Trinajstić information content (AvgIpc) is 3.03. The molecule has 1 heterocycles. The number of likely N-dealkylation sites (N-methyl/N-ethyl adjacent to an activating group) is 1. The maximum Gasteiger partial charge on any atom is 0.294 e. The van der Waals surface area contributed by atoms with Gasteiger partial charge >= 0.3 is 0 Å². The van der Waals surface area contributed by atoms with E-state index in [1.165, 1.54) is 24.1 Å². The number of nitrogens with zero attached hydrogens (tertiary/aromatic N) is 3. The highest BCUT2D eigenvalue weighted by Crippen LogP contribution is 2.19. The lowest BCUT2D eigenvalue weighted by Gasteiger charge is -2.17. The van der Waals surface area contributed by atoms with Crippen LogP contribution >= 0.6 is 0 Å². The highest BCUT2D eigenvalue weighted by Gasteiger charge is 2.27. The van der Waals surface area contributed by atoms with Crippen LogP contribution in [-0.2, 0) is 4.79 Å². The Labute approximate surface area is 168 Å². The Balaban J connectivity index is 1.69. The molecule has 6 nitrogen and oxygen atoms in total. The zero-order chi connectivity index (χ0) is 21.0. The normalized spacial score (nSPS) is 10.6. The number of aromatic nitrogens is 2. The molecule has 29 heavy (non-hydrogen) atoms. The Morgan fingerprint density at radius 1 is 1.07 bits per heavy atom. The van der Waals surface area contributed by atoms with E-state index in [4.69, 9.17) is 4.74 Å². The fraction of sp³-hybridized carbons (Fsp3) is 0.227. The summed E-state index contributed by atoms with van der Waals surface area (Å²) in [6, 6.07) is 15.4. The number of Topliss-reactive ketones (excluding diaryl/α,β-unsaturated/α-hetero) is 1. The van der Waals surface area contributed by atoms with E-state index in [1.807, 2.05) is 30.3 Å². The highest BCUT2D eigenvalue weighted by atomic mass is 19.1. The van der Waals surface area contributed by atoms with Crippen molar-refractivity contribution >= 4 is 11.7 Å². The molecule has 0 unspecified atom stereocenters. The number of rotatable bonds is 7. The third-order valence-electron chi connectivity index (χ3n) is 4.58. The third kappa shape index (κ3) is 4.34. The number of aryl methyl sites for hydroxylation is 1. The minimum Gasteiger partial charge on any atom is -0.489 e. The lowest BCUT2D eigenvalue weighted by Crippen LogP contribution is -2.36. The van der Waals surface area contributed by atoms with E-state index in [9.17, 15) is 14.0 Å². The highest BCUT2D eigenvalue weighted by molar-refractivity contribution is 6.43. The van der Waals surface area contributed by atoms with Gasteiger partial charge in [-0.05, 0) is 38.1 Å². The monoisotopic (exact) mass is 395 g/mol. The van der Waals surface area contributed by atoms with Crippen LogP contribution in [0.5, 0.6) is 5.75 Å². The first kappa shape index (κ1) is 20.3. The number of para-hydroxylation sites is 2. The molecular formula is C22H22FN3O3. The van der Waals surface area contributed by atoms with Crippen LogP contribution in [0.25, 0.3) is 5.69 Å². The second-order valence-electron chi connectivity index (χ2n) is 6.63. The number of carbonyl (C=O) groups excluding carboxylic acids is 2. The van der Waals surface area contributed by atoms with Crippen molar-refractivity contribution in [2.45, 2.75) is 13.8 Å². The number of ether oxygens (including phenoxy) is 1. The molecule has 7 heteroatoms. The van der Waals surface area contributed by atoms with Crippen LogP contribution in [-0.4, -0.2) is 46.6 Å². The molecule has 2 aromatic carbocycles. The molecule has 3 rings (SSSR count). The van der Waals surface area contributed by atoms with Crippen molar-refractivity contribution in [3.8, 4) is 11.4 Å². The first-order chi connectivity index (χ1) is 13.9. The zero-order valence-electron chi connectivity index (χ0n) is 16.6. The van der Waals surface area contributed by atoms with Gasteiger partial charge in [-0.25, -0.2) is 9.07 Å². The minimum absolute atomic E-state index is 0.0672. The summed E-state index contributed by atoms with van der Waals surface area (Å²) in [6.07, 6.45) is 0. The fourth-order valence-electron chi connectivity index (χ4n) is 3.03. The van der Waals surface area contributed by atoms with Crippen LogP contribution < -0.4 is 4.74 Å². The molecule has 0 atom stereocenters. The van der Waals surface area contributed by atoms with Crippen molar-refractivity contribution in [1.29, 1.82) is 0 Å². The summed E-state index contributed by atoms with van der Waals surface area (Å²) in [5.74, 6) is -1.66. The van der Waals surface area contributed by atoms with Crippen molar-refractivity contribution in [3.63, 3.8) is 0 Å². The summed E-state index contributed by atoms with van der Waals surface area (Å²) >= 11 is 0. The summed E-state index contributed by atoms with van der Waals surface area (Å²) in [7, 11) is 1.51. The summed E-state index contributed by atoms with van der Waals surface area (Å²) in [6.45, 7) is 3.67. The van der Waals surface area contributed by atoms with E-state index in [0.717, 1.165) is 5.69 Å². The maximum atomic E-state index is 13.6. The Morgan fingerprint density at radius 3 is 2.41 bits per heavy atom. The van der Waals surface area contributed by atoms with E-state index in [0.29, 0.717) is 17.0 Å². The zero-order valence-corrected chi connectivity index (χ0v) is 16.6. The maximum absolute atomic E-state index is 13.6. The van der Waals surface area contributed by atoms with Crippen molar-refractivity contribution < 1.29 is 18.7 Å². The van der Waals surface area contributed by atoms with Gasteiger partial charge in [0.05, 0.1) is 29.2 Å². The van der Waals surface area contributed by atoms with Crippen molar-refractivity contribution in [2.75, 3.05) is 20.2 Å². The Bertz CT molecular complexity index is 1030. The van der Waals surface area contributed by atoms with E-state index < -0.39 is 17.5 Å². The first-order valence-electron chi connectivity index (χ1n) is 9.19. The van der Waals surface area contributed by atoms with Gasteiger partial charge < -0.3 is 9.64 Å². The van der Waals surface area contributed by atoms with Gasteiger partial charge in [0.15, 0.2) is 11.6 Å². The smallest absolute Gasteiger partial charge is 0.294 e. The molecule has 0 saturated heterocycles. The van der Waals surface area contributed by atoms with E-state index in [2.05, 4.69) is 5.10 Å². The Hall–Kier alpha value is -3.48. The summed E-state index contributed by atoms with van der Waals surface area (Å²) in [5, 5.41) is 4.41. The molecule has 0 spiro atoms. The largest absolute Gasteiger partial charge is 0.489 e. The van der Waals surface area contributed by atoms with Gasteiger partial charge in [0.1, 0.15) is 6.61 Å². The lowest BCUT2D eigenvalue weighted by atomic mass is 10.1. The predicted octanol–water partition coefficient (Wildman–Crippen LogP) is 3.35. The van der Waals surface area contributed by atoms with Gasteiger partial charge in [-0.3, -0.25) is 9.59 Å². The molecule has 0 aliphatic rings. The quantitative estimate of drug-likeness (QED) is 0.455. The molecule has 1 aromatic heterocycles. The van der Waals surface area contributed by atoms with Crippen molar-refractivity contribution in [2.24, 2.45) is 0 Å². The molecular weight excluding hydrogens is 373 g/mol. The van der Waals surface area contributed by atoms with E-state index in [1.54, 1.807) is 30.7 Å². The Morgan fingerprint density at radius 2 is 1.72 bits per heavy atom. The first-order valence-corrected chi connectivity index (χ1v) is 9.19. The van der Waals surface area contributed by atoms with Gasteiger partial charge in [0.25, 0.3) is 11.7 Å². The number of halogens is 1. The predicted molar refractivity (Wildman–Crippen MR) is 107 cm³/mol.